The van der Waals surface area contributed by atoms with Crippen LogP contribution in [-0.2, 0) is 6.54 Å². The van der Waals surface area contributed by atoms with Crippen LogP contribution in [0.25, 0.3) is 10.9 Å². The van der Waals surface area contributed by atoms with E-state index in [9.17, 15) is 9.90 Å². The van der Waals surface area contributed by atoms with E-state index >= 15 is 0 Å². The van der Waals surface area contributed by atoms with Crippen molar-refractivity contribution >= 4 is 32.6 Å². The van der Waals surface area contributed by atoms with Crippen molar-refractivity contribution in [2.75, 3.05) is 0 Å². The van der Waals surface area contributed by atoms with E-state index in [0.717, 1.165) is 15.4 Å². The maximum atomic E-state index is 12.1. The summed E-state index contributed by atoms with van der Waals surface area (Å²) in [6.07, 6.45) is 1.84. The fraction of sp³-hybridized carbons (Fsp3) is 0.0667. The lowest BCUT2D eigenvalue weighted by molar-refractivity contribution is 0.0968. The first-order chi connectivity index (χ1) is 9.63. The maximum absolute atomic E-state index is 12.1. The summed E-state index contributed by atoms with van der Waals surface area (Å²) in [5, 5.41) is 14.6. The molecule has 0 amide bonds. The summed E-state index contributed by atoms with van der Waals surface area (Å²) in [4.78, 5) is 12.1. The molecule has 1 N–H and O–H groups in total. The number of halogens is 1. The molecule has 0 fully saturated rings. The van der Waals surface area contributed by atoms with Crippen molar-refractivity contribution in [1.29, 1.82) is 0 Å². The second kappa shape index (κ2) is 5.09. The van der Waals surface area contributed by atoms with Gasteiger partial charge in [0.15, 0.2) is 5.78 Å². The summed E-state index contributed by atoms with van der Waals surface area (Å²) >= 11 is 3.46. The summed E-state index contributed by atoms with van der Waals surface area (Å²) in [6, 6.07) is 12.0. The van der Waals surface area contributed by atoms with Gasteiger partial charge in [0.05, 0.1) is 5.52 Å². The molecule has 20 heavy (non-hydrogen) atoms. The Balaban J connectivity index is 1.87. The Labute approximate surface area is 123 Å². The lowest BCUT2D eigenvalue weighted by atomic mass is 10.1. The molecular weight excluding hydrogens is 320 g/mol. The van der Waals surface area contributed by atoms with Crippen LogP contribution in [-0.4, -0.2) is 20.7 Å². The molecule has 1 heterocycles. The number of Topliss-reactive ketones (excluding diaryl/α,β-unsaturated/α-hetero) is 1. The molecule has 0 aliphatic rings. The Hall–Kier alpha value is -2.14. The molecule has 0 bridgehead atoms. The first-order valence-corrected chi connectivity index (χ1v) is 6.87. The molecule has 1 aromatic heterocycles. The highest BCUT2D eigenvalue weighted by molar-refractivity contribution is 9.10. The number of phenols is 1. The van der Waals surface area contributed by atoms with E-state index < -0.39 is 0 Å². The van der Waals surface area contributed by atoms with Crippen LogP contribution in [0.2, 0.25) is 0 Å². The van der Waals surface area contributed by atoms with Gasteiger partial charge in [0.25, 0.3) is 0 Å². The van der Waals surface area contributed by atoms with Gasteiger partial charge >= 0.3 is 0 Å². The number of phenolic OH excluding ortho intramolecular Hbond substituents is 1. The zero-order valence-corrected chi connectivity index (χ0v) is 12.0. The molecule has 4 nitrogen and oxygen atoms in total. The molecule has 2 aromatic carbocycles. The summed E-state index contributed by atoms with van der Waals surface area (Å²) in [5.41, 5.74) is 1.40. The van der Waals surface area contributed by atoms with Gasteiger partial charge in [-0.15, -0.1) is 0 Å². The third-order valence-electron chi connectivity index (χ3n) is 3.04. The highest BCUT2D eigenvalue weighted by Crippen LogP contribution is 2.22. The standard InChI is InChI=1S/C15H11BrN2O2/c16-13-2-1-3-14-12(13)8-18(17-14)9-15(20)10-4-6-11(19)7-5-10/h1-8,19H,9H2. The minimum atomic E-state index is -0.0473. The van der Waals surface area contributed by atoms with Crippen molar-refractivity contribution in [2.45, 2.75) is 6.54 Å². The van der Waals surface area contributed by atoms with Crippen LogP contribution in [0.5, 0.6) is 5.75 Å². The summed E-state index contributed by atoms with van der Waals surface area (Å²) < 4.78 is 2.59. The number of aromatic nitrogens is 2. The number of aromatic hydroxyl groups is 1. The number of benzene rings is 2. The van der Waals surface area contributed by atoms with Crippen LogP contribution in [0, 0.1) is 0 Å². The van der Waals surface area contributed by atoms with Gasteiger partial charge in [-0.25, -0.2) is 0 Å². The predicted octanol–water partition coefficient (Wildman–Crippen LogP) is 3.39. The van der Waals surface area contributed by atoms with Crippen LogP contribution in [0.15, 0.2) is 53.1 Å². The third-order valence-corrected chi connectivity index (χ3v) is 3.73. The molecule has 0 saturated carbocycles. The van der Waals surface area contributed by atoms with Crippen molar-refractivity contribution in [2.24, 2.45) is 0 Å². The number of fused-ring (bicyclic) bond motifs is 1. The van der Waals surface area contributed by atoms with Crippen molar-refractivity contribution < 1.29 is 9.90 Å². The number of nitrogens with zero attached hydrogens (tertiary/aromatic N) is 2. The molecule has 0 atom stereocenters. The predicted molar refractivity (Wildman–Crippen MR) is 79.9 cm³/mol. The Morgan fingerprint density at radius 3 is 2.65 bits per heavy atom. The van der Waals surface area contributed by atoms with E-state index in [-0.39, 0.29) is 18.1 Å². The number of ketones is 1. The zero-order valence-electron chi connectivity index (χ0n) is 10.5. The molecular formula is C15H11BrN2O2. The summed E-state index contributed by atoms with van der Waals surface area (Å²) in [6.45, 7) is 0.173. The van der Waals surface area contributed by atoms with Gasteiger partial charge in [0.1, 0.15) is 12.3 Å². The highest BCUT2D eigenvalue weighted by atomic mass is 79.9. The van der Waals surface area contributed by atoms with Crippen molar-refractivity contribution in [1.82, 2.24) is 9.78 Å². The number of hydrogen-bond acceptors (Lipinski definition) is 3. The summed E-state index contributed by atoms with van der Waals surface area (Å²) in [5.74, 6) is 0.101. The second-order valence-corrected chi connectivity index (χ2v) is 5.32. The van der Waals surface area contributed by atoms with E-state index in [0.29, 0.717) is 5.56 Å². The van der Waals surface area contributed by atoms with E-state index in [2.05, 4.69) is 21.0 Å². The molecule has 3 rings (SSSR count). The van der Waals surface area contributed by atoms with Crippen molar-refractivity contribution in [3.8, 4) is 5.75 Å². The van der Waals surface area contributed by atoms with Crippen molar-refractivity contribution in [3.05, 3.63) is 58.7 Å². The largest absolute Gasteiger partial charge is 0.508 e. The average Bonchev–Trinajstić information content (AvgIpc) is 2.83. The van der Waals surface area contributed by atoms with Gasteiger partial charge in [-0.3, -0.25) is 9.48 Å². The topological polar surface area (TPSA) is 55.1 Å². The Morgan fingerprint density at radius 2 is 1.95 bits per heavy atom. The Morgan fingerprint density at radius 1 is 1.20 bits per heavy atom. The minimum absolute atomic E-state index is 0.0473. The van der Waals surface area contributed by atoms with Crippen LogP contribution in [0.4, 0.5) is 0 Å². The minimum Gasteiger partial charge on any atom is -0.508 e. The quantitative estimate of drug-likeness (QED) is 0.749. The van der Waals surface area contributed by atoms with Crippen LogP contribution in [0.1, 0.15) is 10.4 Å². The molecule has 0 saturated heterocycles. The molecule has 0 aliphatic heterocycles. The number of carbonyl (C=O) groups excluding carboxylic acids is 1. The van der Waals surface area contributed by atoms with Gasteiger partial charge in [-0.05, 0) is 36.4 Å². The molecule has 3 aromatic rings. The molecule has 0 radical (unpaired) electrons. The molecule has 0 aliphatic carbocycles. The molecule has 0 spiro atoms. The lowest BCUT2D eigenvalue weighted by Crippen LogP contribution is -2.10. The number of hydrogen-bond donors (Lipinski definition) is 1. The lowest BCUT2D eigenvalue weighted by Gasteiger charge is -2.01. The first kappa shape index (κ1) is 12.9. The second-order valence-electron chi connectivity index (χ2n) is 4.47. The molecule has 5 heteroatoms. The SMILES string of the molecule is O=C(Cn1cc2c(Br)cccc2n1)c1ccc(O)cc1. The fourth-order valence-corrected chi connectivity index (χ4v) is 2.48. The van der Waals surface area contributed by atoms with Gasteiger partial charge in [-0.1, -0.05) is 22.0 Å². The third kappa shape index (κ3) is 2.44. The van der Waals surface area contributed by atoms with Gasteiger partial charge < -0.3 is 5.11 Å². The van der Waals surface area contributed by atoms with Crippen LogP contribution in [0.3, 0.4) is 0 Å². The fourth-order valence-electron chi connectivity index (χ4n) is 2.02. The Bertz CT molecular complexity index is 778. The zero-order chi connectivity index (χ0) is 14.1. The number of carbonyl (C=O) groups is 1. The van der Waals surface area contributed by atoms with E-state index in [1.807, 2.05) is 24.4 Å². The smallest absolute Gasteiger partial charge is 0.184 e. The van der Waals surface area contributed by atoms with Crippen LogP contribution < -0.4 is 0 Å². The van der Waals surface area contributed by atoms with E-state index in [1.165, 1.54) is 12.1 Å². The van der Waals surface area contributed by atoms with E-state index in [4.69, 9.17) is 0 Å². The normalized spacial score (nSPS) is 10.8. The first-order valence-electron chi connectivity index (χ1n) is 6.07. The monoisotopic (exact) mass is 330 g/mol. The Kier molecular flexibility index (Phi) is 3.28. The summed E-state index contributed by atoms with van der Waals surface area (Å²) in [7, 11) is 0. The maximum Gasteiger partial charge on any atom is 0.184 e. The van der Waals surface area contributed by atoms with Gasteiger partial charge in [-0.2, -0.15) is 5.10 Å². The molecule has 100 valence electrons. The average molecular weight is 331 g/mol. The number of rotatable bonds is 3. The van der Waals surface area contributed by atoms with E-state index in [1.54, 1.807) is 16.8 Å². The highest BCUT2D eigenvalue weighted by Gasteiger charge is 2.09. The van der Waals surface area contributed by atoms with Gasteiger partial charge in [0, 0.05) is 21.6 Å². The van der Waals surface area contributed by atoms with Crippen LogP contribution >= 0.6 is 15.9 Å². The van der Waals surface area contributed by atoms with Crippen molar-refractivity contribution in [3.63, 3.8) is 0 Å². The molecule has 0 unspecified atom stereocenters. The van der Waals surface area contributed by atoms with Gasteiger partial charge in [0.2, 0.25) is 0 Å².